The molecule has 1 amide bonds. The minimum absolute atomic E-state index is 0.198. The molecule has 0 heterocycles. The molecule has 0 aliphatic rings. The summed E-state index contributed by atoms with van der Waals surface area (Å²) in [5, 5.41) is 3.30. The SMILES string of the molecule is Cc1cc(CNc2ccccc2SCC(N)=O)ccc1F. The van der Waals surface area contributed by atoms with Crippen LogP contribution in [-0.4, -0.2) is 11.7 Å². The Morgan fingerprint density at radius 3 is 2.76 bits per heavy atom. The number of carbonyl (C=O) groups excluding carboxylic acids is 1. The molecule has 0 atom stereocenters. The zero-order valence-electron chi connectivity index (χ0n) is 11.7. The minimum atomic E-state index is -0.344. The third-order valence-corrected chi connectivity index (χ3v) is 4.06. The predicted molar refractivity (Wildman–Crippen MR) is 84.8 cm³/mol. The first-order chi connectivity index (χ1) is 10.1. The van der Waals surface area contributed by atoms with E-state index in [-0.39, 0.29) is 17.5 Å². The third kappa shape index (κ3) is 4.49. The number of nitrogens with one attached hydrogen (secondary N) is 1. The normalized spacial score (nSPS) is 10.4. The maximum absolute atomic E-state index is 13.2. The van der Waals surface area contributed by atoms with E-state index in [9.17, 15) is 9.18 Å². The van der Waals surface area contributed by atoms with Crippen LogP contribution in [0, 0.1) is 12.7 Å². The molecule has 0 saturated carbocycles. The summed E-state index contributed by atoms with van der Waals surface area (Å²) in [6.07, 6.45) is 0. The van der Waals surface area contributed by atoms with Gasteiger partial charge in [0.1, 0.15) is 5.82 Å². The van der Waals surface area contributed by atoms with E-state index in [4.69, 9.17) is 5.73 Å². The lowest BCUT2D eigenvalue weighted by molar-refractivity contribution is -0.115. The van der Waals surface area contributed by atoms with Crippen molar-refractivity contribution >= 4 is 23.4 Å². The molecule has 2 aromatic rings. The van der Waals surface area contributed by atoms with Gasteiger partial charge in [-0.2, -0.15) is 0 Å². The lowest BCUT2D eigenvalue weighted by Crippen LogP contribution is -2.13. The van der Waals surface area contributed by atoms with Crippen LogP contribution >= 0.6 is 11.8 Å². The van der Waals surface area contributed by atoms with Gasteiger partial charge in [0.15, 0.2) is 0 Å². The highest BCUT2D eigenvalue weighted by molar-refractivity contribution is 8.00. The zero-order valence-corrected chi connectivity index (χ0v) is 12.5. The van der Waals surface area contributed by atoms with E-state index in [1.54, 1.807) is 13.0 Å². The van der Waals surface area contributed by atoms with Crippen LogP contribution in [0.5, 0.6) is 0 Å². The highest BCUT2D eigenvalue weighted by Crippen LogP contribution is 2.27. The summed E-state index contributed by atoms with van der Waals surface area (Å²) < 4.78 is 13.2. The highest BCUT2D eigenvalue weighted by atomic mass is 32.2. The van der Waals surface area contributed by atoms with Crippen molar-refractivity contribution in [2.75, 3.05) is 11.1 Å². The van der Waals surface area contributed by atoms with Crippen LogP contribution in [0.3, 0.4) is 0 Å². The van der Waals surface area contributed by atoms with Crippen LogP contribution in [0.15, 0.2) is 47.4 Å². The largest absolute Gasteiger partial charge is 0.380 e. The van der Waals surface area contributed by atoms with Gasteiger partial charge in [0.2, 0.25) is 5.91 Å². The van der Waals surface area contributed by atoms with Gasteiger partial charge in [0.05, 0.1) is 5.75 Å². The van der Waals surface area contributed by atoms with Crippen molar-refractivity contribution in [3.63, 3.8) is 0 Å². The molecule has 0 fully saturated rings. The topological polar surface area (TPSA) is 55.1 Å². The molecule has 0 spiro atoms. The molecular weight excluding hydrogens is 287 g/mol. The van der Waals surface area contributed by atoms with E-state index >= 15 is 0 Å². The predicted octanol–water partition coefficient (Wildman–Crippen LogP) is 3.32. The van der Waals surface area contributed by atoms with Crippen molar-refractivity contribution in [1.29, 1.82) is 0 Å². The molecule has 3 N–H and O–H groups in total. The van der Waals surface area contributed by atoms with Crippen LogP contribution in [0.2, 0.25) is 0 Å². The molecule has 0 bridgehead atoms. The summed E-state index contributed by atoms with van der Waals surface area (Å²) in [6, 6.07) is 12.8. The zero-order chi connectivity index (χ0) is 15.2. The number of benzene rings is 2. The van der Waals surface area contributed by atoms with Gasteiger partial charge in [-0.05, 0) is 36.2 Å². The fourth-order valence-corrected chi connectivity index (χ4v) is 2.67. The van der Waals surface area contributed by atoms with Gasteiger partial charge in [0, 0.05) is 17.1 Å². The number of hydrogen-bond donors (Lipinski definition) is 2. The Morgan fingerprint density at radius 1 is 1.29 bits per heavy atom. The van der Waals surface area contributed by atoms with Crippen molar-refractivity contribution in [3.8, 4) is 0 Å². The maximum Gasteiger partial charge on any atom is 0.227 e. The second kappa shape index (κ2) is 7.13. The average molecular weight is 304 g/mol. The van der Waals surface area contributed by atoms with E-state index in [0.717, 1.165) is 16.1 Å². The second-order valence-electron chi connectivity index (χ2n) is 4.69. The van der Waals surface area contributed by atoms with E-state index in [1.165, 1.54) is 17.8 Å². The minimum Gasteiger partial charge on any atom is -0.380 e. The molecule has 5 heteroatoms. The number of rotatable bonds is 6. The molecule has 2 rings (SSSR count). The van der Waals surface area contributed by atoms with E-state index in [2.05, 4.69) is 5.32 Å². The molecule has 110 valence electrons. The van der Waals surface area contributed by atoms with Crippen LogP contribution in [-0.2, 0) is 11.3 Å². The summed E-state index contributed by atoms with van der Waals surface area (Å²) in [4.78, 5) is 11.8. The summed E-state index contributed by atoms with van der Waals surface area (Å²) >= 11 is 1.40. The Kier molecular flexibility index (Phi) is 5.22. The van der Waals surface area contributed by atoms with Gasteiger partial charge in [-0.25, -0.2) is 4.39 Å². The third-order valence-electron chi connectivity index (χ3n) is 2.96. The quantitative estimate of drug-likeness (QED) is 0.805. The number of carbonyl (C=O) groups is 1. The molecule has 0 aliphatic heterocycles. The Bertz CT molecular complexity index is 646. The van der Waals surface area contributed by atoms with E-state index in [0.29, 0.717) is 12.1 Å². The molecule has 0 aliphatic carbocycles. The monoisotopic (exact) mass is 304 g/mol. The molecule has 2 aromatic carbocycles. The van der Waals surface area contributed by atoms with Gasteiger partial charge in [-0.3, -0.25) is 4.79 Å². The number of halogens is 1. The van der Waals surface area contributed by atoms with Crippen molar-refractivity contribution in [3.05, 3.63) is 59.4 Å². The number of hydrogen-bond acceptors (Lipinski definition) is 3. The average Bonchev–Trinajstić information content (AvgIpc) is 2.47. The molecule has 3 nitrogen and oxygen atoms in total. The van der Waals surface area contributed by atoms with E-state index in [1.807, 2.05) is 30.3 Å². The van der Waals surface area contributed by atoms with Gasteiger partial charge in [-0.1, -0.05) is 24.3 Å². The first-order valence-electron chi connectivity index (χ1n) is 6.55. The summed E-state index contributed by atoms with van der Waals surface area (Å²) in [7, 11) is 0. The van der Waals surface area contributed by atoms with E-state index < -0.39 is 0 Å². The van der Waals surface area contributed by atoms with Crippen LogP contribution in [0.4, 0.5) is 10.1 Å². The molecule has 0 unspecified atom stereocenters. The van der Waals surface area contributed by atoms with Crippen molar-refractivity contribution in [2.45, 2.75) is 18.4 Å². The molecular formula is C16H17FN2OS. The second-order valence-corrected chi connectivity index (χ2v) is 5.71. The van der Waals surface area contributed by atoms with Crippen LogP contribution in [0.1, 0.15) is 11.1 Å². The Morgan fingerprint density at radius 2 is 2.05 bits per heavy atom. The number of anilines is 1. The number of primary amides is 1. The number of para-hydroxylation sites is 1. The molecule has 0 saturated heterocycles. The molecule has 0 radical (unpaired) electrons. The first kappa shape index (κ1) is 15.4. The maximum atomic E-state index is 13.2. The first-order valence-corrected chi connectivity index (χ1v) is 7.54. The molecule has 0 aromatic heterocycles. The number of thioether (sulfide) groups is 1. The lowest BCUT2D eigenvalue weighted by Gasteiger charge is -2.11. The summed E-state index contributed by atoms with van der Waals surface area (Å²) in [5.74, 6) is -0.297. The van der Waals surface area contributed by atoms with Gasteiger partial charge in [-0.15, -0.1) is 11.8 Å². The van der Waals surface area contributed by atoms with Crippen LogP contribution in [0.25, 0.3) is 0 Å². The Hall–Kier alpha value is -2.01. The standard InChI is InChI=1S/C16H17FN2OS/c1-11-8-12(6-7-13(11)17)9-19-14-4-2-3-5-15(14)21-10-16(18)20/h2-8,19H,9-10H2,1H3,(H2,18,20). The van der Waals surface area contributed by atoms with Crippen molar-refractivity contribution in [2.24, 2.45) is 5.73 Å². The number of nitrogens with two attached hydrogens (primary N) is 1. The van der Waals surface area contributed by atoms with Crippen molar-refractivity contribution in [1.82, 2.24) is 0 Å². The fourth-order valence-electron chi connectivity index (χ4n) is 1.90. The Labute approximate surface area is 127 Å². The van der Waals surface area contributed by atoms with Crippen LogP contribution < -0.4 is 11.1 Å². The highest BCUT2D eigenvalue weighted by Gasteiger charge is 2.05. The van der Waals surface area contributed by atoms with Gasteiger partial charge in [0.25, 0.3) is 0 Å². The molecule has 21 heavy (non-hydrogen) atoms. The summed E-state index contributed by atoms with van der Waals surface area (Å²) in [5.41, 5.74) is 7.74. The number of aryl methyl sites for hydroxylation is 1. The van der Waals surface area contributed by atoms with Crippen molar-refractivity contribution < 1.29 is 9.18 Å². The smallest absolute Gasteiger partial charge is 0.227 e. The Balaban J connectivity index is 2.05. The summed E-state index contributed by atoms with van der Waals surface area (Å²) in [6.45, 7) is 2.34. The van der Waals surface area contributed by atoms with Gasteiger partial charge < -0.3 is 11.1 Å². The van der Waals surface area contributed by atoms with Gasteiger partial charge >= 0.3 is 0 Å². The lowest BCUT2D eigenvalue weighted by atomic mass is 10.1. The number of amides is 1. The fraction of sp³-hybridized carbons (Fsp3) is 0.188.